The number of hydrogen-bond donors (Lipinski definition) is 3. The van der Waals surface area contributed by atoms with Gasteiger partial charge in [0.25, 0.3) is 5.91 Å². The highest BCUT2D eigenvalue weighted by Crippen LogP contribution is 2.21. The number of nitrogens with one attached hydrogen (secondary N) is 1. The second-order valence-corrected chi connectivity index (χ2v) is 5.35. The Kier molecular flexibility index (Phi) is 4.29. The van der Waals surface area contributed by atoms with Crippen molar-refractivity contribution in [1.29, 1.82) is 0 Å². The van der Waals surface area contributed by atoms with Gasteiger partial charge in [-0.3, -0.25) is 4.79 Å². The van der Waals surface area contributed by atoms with Crippen LogP contribution in [-0.4, -0.2) is 30.8 Å². The van der Waals surface area contributed by atoms with Gasteiger partial charge in [-0.25, -0.2) is 19.0 Å². The van der Waals surface area contributed by atoms with Crippen molar-refractivity contribution < 1.29 is 14.3 Å². The van der Waals surface area contributed by atoms with Gasteiger partial charge in [-0.05, 0) is 30.7 Å². The predicted octanol–water partition coefficient (Wildman–Crippen LogP) is 1.33. The van der Waals surface area contributed by atoms with E-state index in [9.17, 15) is 14.3 Å². The number of nitrogens with zero attached hydrogens (tertiary/aromatic N) is 4. The van der Waals surface area contributed by atoms with Crippen molar-refractivity contribution in [2.75, 3.05) is 5.73 Å². The minimum Gasteiger partial charge on any atom is -0.504 e. The van der Waals surface area contributed by atoms with Gasteiger partial charge >= 0.3 is 0 Å². The van der Waals surface area contributed by atoms with Gasteiger partial charge in [-0.15, -0.1) is 0 Å². The van der Waals surface area contributed by atoms with E-state index >= 15 is 0 Å². The Morgan fingerprint density at radius 2 is 2.24 bits per heavy atom. The van der Waals surface area contributed by atoms with Gasteiger partial charge in [0, 0.05) is 18.3 Å². The van der Waals surface area contributed by atoms with Gasteiger partial charge < -0.3 is 16.2 Å². The van der Waals surface area contributed by atoms with Gasteiger partial charge in [0.1, 0.15) is 18.0 Å². The van der Waals surface area contributed by atoms with E-state index in [1.165, 1.54) is 41.6 Å². The monoisotopic (exact) mass is 342 g/mol. The number of benzene rings is 1. The Balaban J connectivity index is 1.80. The van der Waals surface area contributed by atoms with Crippen LogP contribution in [0.5, 0.6) is 5.75 Å². The summed E-state index contributed by atoms with van der Waals surface area (Å²) in [5, 5.41) is 16.7. The molecular weight excluding hydrogens is 327 g/mol. The number of hydrogen-bond acceptors (Lipinski definition) is 6. The maximum absolute atomic E-state index is 13.2. The number of aromatic hydroxyl groups is 1. The summed E-state index contributed by atoms with van der Waals surface area (Å²) in [4.78, 5) is 19.9. The third-order valence-corrected chi connectivity index (χ3v) is 3.58. The summed E-state index contributed by atoms with van der Waals surface area (Å²) in [5.74, 6) is -0.997. The number of rotatable bonds is 4. The molecule has 4 N–H and O–H groups in total. The number of aryl methyl sites for hydroxylation is 1. The minimum atomic E-state index is -0.584. The number of carbonyl (C=O) groups excluding carboxylic acids is 1. The van der Waals surface area contributed by atoms with Crippen LogP contribution in [0.1, 0.15) is 21.6 Å². The van der Waals surface area contributed by atoms with Crippen LogP contribution in [0, 0.1) is 12.7 Å². The summed E-state index contributed by atoms with van der Waals surface area (Å²) >= 11 is 0. The second-order valence-electron chi connectivity index (χ2n) is 5.35. The molecule has 2 aromatic heterocycles. The lowest BCUT2D eigenvalue weighted by Crippen LogP contribution is -2.24. The van der Waals surface area contributed by atoms with E-state index in [2.05, 4.69) is 20.4 Å². The highest BCUT2D eigenvalue weighted by molar-refractivity contribution is 5.94. The zero-order valence-electron chi connectivity index (χ0n) is 13.3. The molecule has 1 aromatic carbocycles. The SMILES string of the molecule is Cc1cc(F)ccc1-n1cc(O)c(C(=O)NCc2cncnc2N)n1. The number of anilines is 1. The Bertz CT molecular complexity index is 940. The van der Waals surface area contributed by atoms with Crippen molar-refractivity contribution in [1.82, 2.24) is 25.1 Å². The smallest absolute Gasteiger partial charge is 0.275 e. The average Bonchev–Trinajstić information content (AvgIpc) is 2.95. The second kappa shape index (κ2) is 6.56. The molecule has 0 aliphatic heterocycles. The van der Waals surface area contributed by atoms with Crippen molar-refractivity contribution in [3.05, 3.63) is 59.6 Å². The third kappa shape index (κ3) is 3.39. The van der Waals surface area contributed by atoms with Crippen LogP contribution in [0.2, 0.25) is 0 Å². The molecule has 0 bridgehead atoms. The Morgan fingerprint density at radius 1 is 1.44 bits per heavy atom. The van der Waals surface area contributed by atoms with E-state index < -0.39 is 5.91 Å². The molecule has 9 heteroatoms. The fraction of sp³-hybridized carbons (Fsp3) is 0.125. The number of aromatic nitrogens is 4. The maximum Gasteiger partial charge on any atom is 0.275 e. The number of nitrogen functional groups attached to an aromatic ring is 1. The molecule has 8 nitrogen and oxygen atoms in total. The molecule has 1 amide bonds. The zero-order chi connectivity index (χ0) is 18.0. The highest BCUT2D eigenvalue weighted by Gasteiger charge is 2.18. The van der Waals surface area contributed by atoms with Gasteiger partial charge in [0.05, 0.1) is 11.9 Å². The summed E-state index contributed by atoms with van der Waals surface area (Å²) in [6, 6.07) is 4.13. The molecular formula is C16H15FN6O2. The molecule has 0 aliphatic carbocycles. The Labute approximate surface area is 142 Å². The lowest BCUT2D eigenvalue weighted by molar-refractivity contribution is 0.0943. The molecule has 2 heterocycles. The molecule has 0 aliphatic rings. The molecule has 0 unspecified atom stereocenters. The molecule has 0 saturated heterocycles. The van der Waals surface area contributed by atoms with Crippen molar-refractivity contribution in [2.45, 2.75) is 13.5 Å². The molecule has 0 radical (unpaired) electrons. The molecule has 0 fully saturated rings. The first kappa shape index (κ1) is 16.4. The van der Waals surface area contributed by atoms with Crippen molar-refractivity contribution in [3.63, 3.8) is 0 Å². The molecule has 25 heavy (non-hydrogen) atoms. The molecule has 3 aromatic rings. The summed E-state index contributed by atoms with van der Waals surface area (Å²) in [7, 11) is 0. The predicted molar refractivity (Wildman–Crippen MR) is 87.5 cm³/mol. The molecule has 3 rings (SSSR count). The molecule has 0 spiro atoms. The van der Waals surface area contributed by atoms with E-state index in [1.54, 1.807) is 6.92 Å². The largest absolute Gasteiger partial charge is 0.504 e. The molecule has 0 atom stereocenters. The number of amides is 1. The topological polar surface area (TPSA) is 119 Å². The molecule has 128 valence electrons. The first-order valence-electron chi connectivity index (χ1n) is 7.33. The minimum absolute atomic E-state index is 0.0907. The van der Waals surface area contributed by atoms with E-state index in [1.807, 2.05) is 0 Å². The lowest BCUT2D eigenvalue weighted by atomic mass is 10.2. The number of nitrogens with two attached hydrogens (primary N) is 1. The summed E-state index contributed by atoms with van der Waals surface area (Å²) in [6.07, 6.45) is 4.08. The van der Waals surface area contributed by atoms with Gasteiger partial charge in [0.15, 0.2) is 11.4 Å². The zero-order valence-corrected chi connectivity index (χ0v) is 13.3. The van der Waals surface area contributed by atoms with E-state index in [0.717, 1.165) is 0 Å². The maximum atomic E-state index is 13.2. The third-order valence-electron chi connectivity index (χ3n) is 3.58. The fourth-order valence-corrected chi connectivity index (χ4v) is 2.29. The van der Waals surface area contributed by atoms with E-state index in [-0.39, 0.29) is 29.6 Å². The molecule has 0 saturated carbocycles. The van der Waals surface area contributed by atoms with Crippen LogP contribution in [0.25, 0.3) is 5.69 Å². The van der Waals surface area contributed by atoms with Crippen LogP contribution in [-0.2, 0) is 6.54 Å². The lowest BCUT2D eigenvalue weighted by Gasteiger charge is -2.06. The standard InChI is InChI=1S/C16H15FN6O2/c1-9-4-11(17)2-3-12(9)23-7-13(24)14(22-23)16(25)20-6-10-5-19-8-21-15(10)18/h2-5,7-8,24H,6H2,1H3,(H,20,25)(H2,18,19,21). The average molecular weight is 342 g/mol. The fourth-order valence-electron chi connectivity index (χ4n) is 2.29. The Morgan fingerprint density at radius 3 is 2.96 bits per heavy atom. The summed E-state index contributed by atoms with van der Waals surface area (Å²) in [5.41, 5.74) is 7.24. The van der Waals surface area contributed by atoms with Crippen LogP contribution in [0.3, 0.4) is 0 Å². The Hall–Kier alpha value is -3.49. The highest BCUT2D eigenvalue weighted by atomic mass is 19.1. The number of halogens is 1. The van der Waals surface area contributed by atoms with Crippen molar-refractivity contribution >= 4 is 11.7 Å². The van der Waals surface area contributed by atoms with Crippen LogP contribution in [0.4, 0.5) is 10.2 Å². The van der Waals surface area contributed by atoms with E-state index in [4.69, 9.17) is 5.73 Å². The van der Waals surface area contributed by atoms with Gasteiger partial charge in [-0.1, -0.05) is 0 Å². The van der Waals surface area contributed by atoms with Crippen LogP contribution < -0.4 is 11.1 Å². The van der Waals surface area contributed by atoms with Crippen LogP contribution in [0.15, 0.2) is 36.9 Å². The normalized spacial score (nSPS) is 10.6. The van der Waals surface area contributed by atoms with Gasteiger partial charge in [0.2, 0.25) is 0 Å². The van der Waals surface area contributed by atoms with Gasteiger partial charge in [-0.2, -0.15) is 5.10 Å². The summed E-state index contributed by atoms with van der Waals surface area (Å²) in [6.45, 7) is 1.79. The first-order chi connectivity index (χ1) is 12.0. The van der Waals surface area contributed by atoms with E-state index in [0.29, 0.717) is 16.8 Å². The van der Waals surface area contributed by atoms with Crippen molar-refractivity contribution in [2.24, 2.45) is 0 Å². The first-order valence-corrected chi connectivity index (χ1v) is 7.33. The number of carbonyl (C=O) groups is 1. The van der Waals surface area contributed by atoms with Crippen molar-refractivity contribution in [3.8, 4) is 11.4 Å². The summed E-state index contributed by atoms with van der Waals surface area (Å²) < 4.78 is 14.5. The van der Waals surface area contributed by atoms with Crippen LogP contribution >= 0.6 is 0 Å². The quantitative estimate of drug-likeness (QED) is 0.658.